The lowest BCUT2D eigenvalue weighted by molar-refractivity contribution is -0.143. The van der Waals surface area contributed by atoms with Crippen molar-refractivity contribution >= 4 is 35.6 Å². The van der Waals surface area contributed by atoms with E-state index in [4.69, 9.17) is 21.1 Å². The van der Waals surface area contributed by atoms with Gasteiger partial charge in [0.05, 0.1) is 13.2 Å². The Morgan fingerprint density at radius 1 is 1.13 bits per heavy atom. The van der Waals surface area contributed by atoms with E-state index in [0.717, 1.165) is 11.1 Å². The summed E-state index contributed by atoms with van der Waals surface area (Å²) in [5.74, 6) is -1.05. The molecule has 13 heteroatoms. The Balaban J connectivity index is 1.55. The quantitative estimate of drug-likeness (QED) is 0.351. The molecule has 0 aliphatic carbocycles. The molecule has 0 fully saturated rings. The van der Waals surface area contributed by atoms with Crippen LogP contribution in [0, 0.1) is 0 Å². The summed E-state index contributed by atoms with van der Waals surface area (Å²) in [4.78, 5) is 50.2. The van der Waals surface area contributed by atoms with Gasteiger partial charge in [0, 0.05) is 20.5 Å². The van der Waals surface area contributed by atoms with E-state index >= 15 is 0 Å². The number of carbonyl (C=O) groups is 3. The Morgan fingerprint density at radius 2 is 1.85 bits per heavy atom. The van der Waals surface area contributed by atoms with E-state index < -0.39 is 36.2 Å². The van der Waals surface area contributed by atoms with Crippen LogP contribution in [0.3, 0.4) is 0 Å². The van der Waals surface area contributed by atoms with Crippen LogP contribution in [0.15, 0.2) is 48.5 Å². The highest BCUT2D eigenvalue weighted by molar-refractivity contribution is 6.28. The second kappa shape index (κ2) is 12.0. The third-order valence-corrected chi connectivity index (χ3v) is 6.23. The van der Waals surface area contributed by atoms with Gasteiger partial charge in [-0.2, -0.15) is 9.97 Å². The lowest BCUT2D eigenvalue weighted by atomic mass is 9.90. The normalized spacial score (nSPS) is 16.9. The summed E-state index contributed by atoms with van der Waals surface area (Å²) in [5.41, 5.74) is 2.45. The molecule has 3 atom stereocenters. The second-order valence-electron chi connectivity index (χ2n) is 9.01. The van der Waals surface area contributed by atoms with Crippen LogP contribution in [-0.4, -0.2) is 76.3 Å². The number of hydrogen-bond donors (Lipinski definition) is 3. The molecule has 0 radical (unpaired) electrons. The third-order valence-electron chi connectivity index (χ3n) is 6.06. The van der Waals surface area contributed by atoms with Crippen LogP contribution in [0.4, 0.5) is 10.7 Å². The highest BCUT2D eigenvalue weighted by Gasteiger charge is 2.34. The van der Waals surface area contributed by atoms with E-state index in [-0.39, 0.29) is 23.5 Å². The zero-order valence-corrected chi connectivity index (χ0v) is 22.2. The van der Waals surface area contributed by atoms with Gasteiger partial charge in [-0.25, -0.2) is 14.6 Å². The minimum atomic E-state index is -1.14. The molecule has 3 aromatic rings. The molecule has 0 spiro atoms. The lowest BCUT2D eigenvalue weighted by Gasteiger charge is -2.31. The summed E-state index contributed by atoms with van der Waals surface area (Å²) in [6.07, 6.45) is -0.0224. The number of nitrogens with zero attached hydrogens (tertiary/aromatic N) is 4. The fourth-order valence-corrected chi connectivity index (χ4v) is 4.28. The molecule has 12 nitrogen and oxygen atoms in total. The maximum Gasteiger partial charge on any atom is 0.414 e. The van der Waals surface area contributed by atoms with Gasteiger partial charge < -0.3 is 24.8 Å². The zero-order chi connectivity index (χ0) is 28.1. The first-order chi connectivity index (χ1) is 18.6. The van der Waals surface area contributed by atoms with E-state index in [2.05, 4.69) is 25.6 Å². The number of hydrogen-bond acceptors (Lipinski definition) is 10. The number of esters is 1. The molecule has 1 aliphatic heterocycles. The number of anilines is 1. The number of ether oxygens (including phenoxy) is 2. The molecule has 2 unspecified atom stereocenters. The molecule has 0 bridgehead atoms. The summed E-state index contributed by atoms with van der Waals surface area (Å²) >= 11 is 6.21. The number of carboxylic acids is 1. The fourth-order valence-electron chi connectivity index (χ4n) is 4.12. The maximum absolute atomic E-state index is 12.3. The first-order valence-corrected chi connectivity index (χ1v) is 12.3. The van der Waals surface area contributed by atoms with E-state index in [9.17, 15) is 19.5 Å². The second-order valence-corrected chi connectivity index (χ2v) is 9.35. The number of halogens is 1. The molecule has 0 saturated heterocycles. The zero-order valence-electron chi connectivity index (χ0n) is 21.4. The third kappa shape index (κ3) is 6.78. The number of methoxy groups -OCH3 is 1. The molecule has 1 aliphatic rings. The number of carboxylic acid groups (broad SMARTS) is 1. The van der Waals surface area contributed by atoms with Crippen molar-refractivity contribution < 1.29 is 29.0 Å². The summed E-state index contributed by atoms with van der Waals surface area (Å²) in [5, 5.41) is 15.7. The van der Waals surface area contributed by atoms with Gasteiger partial charge in [0.25, 0.3) is 0 Å². The highest BCUT2D eigenvalue weighted by atomic mass is 35.5. The van der Waals surface area contributed by atoms with E-state index in [0.29, 0.717) is 17.7 Å². The van der Waals surface area contributed by atoms with Crippen molar-refractivity contribution in [1.29, 1.82) is 0 Å². The van der Waals surface area contributed by atoms with Gasteiger partial charge >= 0.3 is 18.0 Å². The van der Waals surface area contributed by atoms with E-state index in [1.165, 1.54) is 12.0 Å². The largest absolute Gasteiger partial charge is 0.480 e. The van der Waals surface area contributed by atoms with Gasteiger partial charge in [0.2, 0.25) is 11.2 Å². The van der Waals surface area contributed by atoms with Crippen LogP contribution >= 0.6 is 11.6 Å². The molecule has 3 N–H and O–H groups in total. The molecule has 39 heavy (non-hydrogen) atoms. The fraction of sp³-hybridized carbons (Fsp3) is 0.308. The molecule has 2 aromatic carbocycles. The van der Waals surface area contributed by atoms with Crippen LogP contribution in [0.2, 0.25) is 5.28 Å². The lowest BCUT2D eigenvalue weighted by Crippen LogP contribution is -2.46. The summed E-state index contributed by atoms with van der Waals surface area (Å²) in [6, 6.07) is 11.7. The molecular formula is C26H27ClN6O6. The van der Waals surface area contributed by atoms with Crippen molar-refractivity contribution in [1.82, 2.24) is 25.2 Å². The summed E-state index contributed by atoms with van der Waals surface area (Å²) in [6.45, 7) is 0. The summed E-state index contributed by atoms with van der Waals surface area (Å²) in [7, 11) is 4.45. The Morgan fingerprint density at radius 3 is 2.51 bits per heavy atom. The van der Waals surface area contributed by atoms with Gasteiger partial charge in [0.1, 0.15) is 17.8 Å². The van der Waals surface area contributed by atoms with E-state index in [1.807, 2.05) is 24.3 Å². The highest BCUT2D eigenvalue weighted by Crippen LogP contribution is 2.30. The average Bonchev–Trinajstić information content (AvgIpc) is 2.92. The van der Waals surface area contributed by atoms with E-state index in [1.54, 1.807) is 38.4 Å². The van der Waals surface area contributed by atoms with Crippen LogP contribution in [0.5, 0.6) is 5.75 Å². The van der Waals surface area contributed by atoms with Crippen molar-refractivity contribution in [3.8, 4) is 5.75 Å². The minimum absolute atomic E-state index is 0.0339. The van der Waals surface area contributed by atoms with Crippen molar-refractivity contribution in [3.63, 3.8) is 0 Å². The Labute approximate surface area is 229 Å². The summed E-state index contributed by atoms with van der Waals surface area (Å²) < 4.78 is 10.1. The molecule has 204 valence electrons. The smallest absolute Gasteiger partial charge is 0.414 e. The first kappa shape index (κ1) is 27.7. The number of nitrogens with one attached hydrogen (secondary N) is 2. The number of aromatic nitrogens is 3. The van der Waals surface area contributed by atoms with Gasteiger partial charge in [-0.1, -0.05) is 36.4 Å². The number of rotatable bonds is 8. The first-order valence-electron chi connectivity index (χ1n) is 11.9. The van der Waals surface area contributed by atoms with Crippen molar-refractivity contribution in [2.75, 3.05) is 26.5 Å². The van der Waals surface area contributed by atoms with Gasteiger partial charge in [-0.15, -0.1) is 0 Å². The number of aliphatic carboxylic acids is 1. The molecule has 0 saturated carbocycles. The van der Waals surface area contributed by atoms with Gasteiger partial charge in [-0.05, 0) is 46.8 Å². The van der Waals surface area contributed by atoms with Crippen LogP contribution < -0.4 is 15.4 Å². The number of fused-ring (bicyclic) bond motifs is 1. The van der Waals surface area contributed by atoms with Crippen LogP contribution in [-0.2, 0) is 27.2 Å². The molecule has 1 amide bonds. The minimum Gasteiger partial charge on any atom is -0.480 e. The monoisotopic (exact) mass is 554 g/mol. The SMILES string of the molecule is COC(=O)C1Cc2ccccc2C(c2nc(Cl)nc(N[C@@H](Cc3ccc(OC(=O)N(C)C)cc3)C(=O)O)n2)N1. The maximum atomic E-state index is 12.3. The van der Waals surface area contributed by atoms with Crippen molar-refractivity contribution in [2.45, 2.75) is 31.0 Å². The Bertz CT molecular complexity index is 1370. The van der Waals surface area contributed by atoms with Crippen LogP contribution in [0.1, 0.15) is 28.6 Å². The predicted octanol–water partition coefficient (Wildman–Crippen LogP) is 2.47. The molecule has 2 heterocycles. The topological polar surface area (TPSA) is 156 Å². The molecule has 1 aromatic heterocycles. The number of carbonyl (C=O) groups excluding carboxylic acids is 2. The standard InChI is InChI=1S/C26H27ClN6O6/c1-33(2)26(37)39-16-10-8-14(9-11-16)12-18(22(34)35)29-25-31-21(30-24(27)32-25)20-17-7-5-4-6-15(17)13-19(28-20)23(36)38-3/h4-11,18-20,28H,12-13H2,1-3H3,(H,34,35)(H,29,30,31,32)/t18-,19?,20?/m0/s1. The van der Waals surface area contributed by atoms with Crippen LogP contribution in [0.25, 0.3) is 0 Å². The number of amides is 1. The van der Waals surface area contributed by atoms with Crippen molar-refractivity contribution in [2.24, 2.45) is 0 Å². The van der Waals surface area contributed by atoms with Gasteiger partial charge in [-0.3, -0.25) is 10.1 Å². The average molecular weight is 555 g/mol. The molecule has 4 rings (SSSR count). The predicted molar refractivity (Wildman–Crippen MR) is 141 cm³/mol. The van der Waals surface area contributed by atoms with Crippen molar-refractivity contribution in [3.05, 3.63) is 76.3 Å². The Kier molecular flexibility index (Phi) is 8.57. The number of benzene rings is 2. The Hall–Kier alpha value is -4.29. The molecular weight excluding hydrogens is 528 g/mol. The van der Waals surface area contributed by atoms with Gasteiger partial charge in [0.15, 0.2) is 5.82 Å².